The topological polar surface area (TPSA) is 231 Å². The lowest BCUT2D eigenvalue weighted by molar-refractivity contribution is -0.143. The maximum Gasteiger partial charge on any atom is 0.326 e. The molecule has 0 aromatic carbocycles. The number of amides is 4. The minimum atomic E-state index is -1.48. The highest BCUT2D eigenvalue weighted by Crippen LogP contribution is 2.06. The van der Waals surface area contributed by atoms with Gasteiger partial charge in [-0.3, -0.25) is 24.0 Å². The molecule has 15 heteroatoms. The molecule has 34 heavy (non-hydrogen) atoms. The lowest BCUT2D eigenvalue weighted by atomic mass is 10.1. The predicted molar refractivity (Wildman–Crippen MR) is 128 cm³/mol. The number of nitrogens with one attached hydrogen (secondary N) is 3. The van der Waals surface area contributed by atoms with E-state index in [0.717, 1.165) is 0 Å². The van der Waals surface area contributed by atoms with Gasteiger partial charge in [-0.2, -0.15) is 23.5 Å². The molecule has 0 radical (unpaired) electrons. The van der Waals surface area contributed by atoms with Gasteiger partial charge in [0, 0.05) is 6.42 Å². The van der Waals surface area contributed by atoms with Crippen LogP contribution in [-0.4, -0.2) is 94.0 Å². The SMILES string of the molecule is CSCCC(N)C(=O)NC(CC(N)=O)C(=O)NC(CCSC)C(=O)NC(CCC(=O)O)C(=O)O. The van der Waals surface area contributed by atoms with Crippen LogP contribution in [0.4, 0.5) is 0 Å². The van der Waals surface area contributed by atoms with E-state index in [1.807, 2.05) is 6.26 Å². The van der Waals surface area contributed by atoms with Crippen molar-refractivity contribution in [2.45, 2.75) is 56.3 Å². The molecule has 0 aromatic heterocycles. The number of nitrogens with two attached hydrogens (primary N) is 2. The standard InChI is InChI=1S/C19H33N5O8S2/c1-33-7-5-10(20)16(28)24-13(9-14(21)25)18(30)22-11(6-8-34-2)17(29)23-12(19(31)32)3-4-15(26)27/h10-13H,3-9,20H2,1-2H3,(H2,21,25)(H,22,30)(H,23,29)(H,24,28)(H,26,27)(H,31,32). The zero-order valence-electron chi connectivity index (χ0n) is 19.1. The number of rotatable bonds is 18. The fourth-order valence-corrected chi connectivity index (χ4v) is 3.60. The molecule has 0 rings (SSSR count). The van der Waals surface area contributed by atoms with Crippen LogP contribution in [0.5, 0.6) is 0 Å². The Bertz CT molecular complexity index is 739. The summed E-state index contributed by atoms with van der Waals surface area (Å²) in [5, 5.41) is 25.0. The number of carboxylic acids is 2. The molecule has 194 valence electrons. The summed E-state index contributed by atoms with van der Waals surface area (Å²) < 4.78 is 0. The first kappa shape index (κ1) is 31.5. The molecule has 13 nitrogen and oxygen atoms in total. The first-order valence-electron chi connectivity index (χ1n) is 10.3. The van der Waals surface area contributed by atoms with Crippen LogP contribution < -0.4 is 27.4 Å². The largest absolute Gasteiger partial charge is 0.481 e. The van der Waals surface area contributed by atoms with Gasteiger partial charge in [-0.15, -0.1) is 0 Å². The van der Waals surface area contributed by atoms with Gasteiger partial charge in [-0.05, 0) is 43.3 Å². The van der Waals surface area contributed by atoms with Crippen molar-refractivity contribution >= 4 is 59.1 Å². The van der Waals surface area contributed by atoms with Crippen LogP contribution in [-0.2, 0) is 28.8 Å². The van der Waals surface area contributed by atoms with Crippen molar-refractivity contribution in [3.63, 3.8) is 0 Å². The van der Waals surface area contributed by atoms with Crippen molar-refractivity contribution in [1.29, 1.82) is 0 Å². The second-order valence-electron chi connectivity index (χ2n) is 7.29. The zero-order valence-corrected chi connectivity index (χ0v) is 20.7. The molecule has 9 N–H and O–H groups in total. The van der Waals surface area contributed by atoms with Crippen molar-refractivity contribution < 1.29 is 39.0 Å². The van der Waals surface area contributed by atoms with Crippen LogP contribution >= 0.6 is 23.5 Å². The van der Waals surface area contributed by atoms with Gasteiger partial charge in [0.05, 0.1) is 12.5 Å². The van der Waals surface area contributed by atoms with Crippen LogP contribution in [0.15, 0.2) is 0 Å². The number of carbonyl (C=O) groups excluding carboxylic acids is 4. The molecule has 4 amide bonds. The second kappa shape index (κ2) is 17.0. The molecular formula is C19H33N5O8S2. The highest BCUT2D eigenvalue weighted by molar-refractivity contribution is 7.98. The Hall–Kier alpha value is -2.52. The summed E-state index contributed by atoms with van der Waals surface area (Å²) in [6, 6.07) is -4.99. The molecule has 0 heterocycles. The third-order valence-electron chi connectivity index (χ3n) is 4.51. The Kier molecular flexibility index (Phi) is 15.7. The Balaban J connectivity index is 5.44. The molecule has 0 saturated heterocycles. The first-order chi connectivity index (χ1) is 15.9. The van der Waals surface area contributed by atoms with Gasteiger partial charge in [-0.1, -0.05) is 0 Å². The van der Waals surface area contributed by atoms with Gasteiger partial charge in [0.1, 0.15) is 18.1 Å². The van der Waals surface area contributed by atoms with E-state index in [0.29, 0.717) is 17.9 Å². The van der Waals surface area contributed by atoms with Crippen LogP contribution in [0.2, 0.25) is 0 Å². The van der Waals surface area contributed by atoms with Crippen LogP contribution in [0, 0.1) is 0 Å². The van der Waals surface area contributed by atoms with Crippen molar-refractivity contribution in [2.24, 2.45) is 11.5 Å². The first-order valence-corrected chi connectivity index (χ1v) is 13.1. The van der Waals surface area contributed by atoms with E-state index >= 15 is 0 Å². The lowest BCUT2D eigenvalue weighted by Gasteiger charge is -2.24. The molecular weight excluding hydrogens is 490 g/mol. The minimum Gasteiger partial charge on any atom is -0.481 e. The Labute approximate surface area is 205 Å². The summed E-state index contributed by atoms with van der Waals surface area (Å²) in [6.07, 6.45) is 2.66. The van der Waals surface area contributed by atoms with E-state index in [1.54, 1.807) is 6.26 Å². The van der Waals surface area contributed by atoms with E-state index in [1.165, 1.54) is 23.5 Å². The number of hydrogen-bond donors (Lipinski definition) is 7. The van der Waals surface area contributed by atoms with Crippen molar-refractivity contribution in [3.8, 4) is 0 Å². The average molecular weight is 524 g/mol. The maximum atomic E-state index is 12.8. The van der Waals surface area contributed by atoms with Gasteiger partial charge in [0.25, 0.3) is 0 Å². The Morgan fingerprint density at radius 2 is 1.26 bits per heavy atom. The predicted octanol–water partition coefficient (Wildman–Crippen LogP) is -1.90. The van der Waals surface area contributed by atoms with Gasteiger partial charge < -0.3 is 37.6 Å². The van der Waals surface area contributed by atoms with E-state index in [-0.39, 0.29) is 12.8 Å². The number of hydrogen-bond acceptors (Lipinski definition) is 9. The fraction of sp³-hybridized carbons (Fsp3) is 0.684. The van der Waals surface area contributed by atoms with E-state index in [2.05, 4.69) is 16.0 Å². The second-order valence-corrected chi connectivity index (χ2v) is 9.27. The molecule has 4 unspecified atom stereocenters. The number of carbonyl (C=O) groups is 6. The molecule has 0 aliphatic heterocycles. The monoisotopic (exact) mass is 523 g/mol. The Morgan fingerprint density at radius 1 is 0.765 bits per heavy atom. The maximum absolute atomic E-state index is 12.8. The molecule has 4 atom stereocenters. The van der Waals surface area contributed by atoms with Crippen LogP contribution in [0.1, 0.15) is 32.1 Å². The summed E-state index contributed by atoms with van der Waals surface area (Å²) in [5.41, 5.74) is 11.0. The molecule has 0 fully saturated rings. The third-order valence-corrected chi connectivity index (χ3v) is 5.80. The van der Waals surface area contributed by atoms with Gasteiger partial charge in [-0.25, -0.2) is 4.79 Å². The van der Waals surface area contributed by atoms with Gasteiger partial charge >= 0.3 is 11.9 Å². The van der Waals surface area contributed by atoms with E-state index < -0.39 is 72.6 Å². The summed E-state index contributed by atoms with van der Waals surface area (Å²) in [4.78, 5) is 71.4. The molecule has 0 aromatic rings. The minimum absolute atomic E-state index is 0.106. The summed E-state index contributed by atoms with van der Waals surface area (Å²) in [7, 11) is 0. The average Bonchev–Trinajstić information content (AvgIpc) is 2.75. The van der Waals surface area contributed by atoms with Crippen molar-refractivity contribution in [2.75, 3.05) is 24.0 Å². The summed E-state index contributed by atoms with van der Waals surface area (Å²) >= 11 is 2.85. The quantitative estimate of drug-likeness (QED) is 0.105. The van der Waals surface area contributed by atoms with Crippen LogP contribution in [0.25, 0.3) is 0 Å². The highest BCUT2D eigenvalue weighted by atomic mass is 32.2. The number of primary amides is 1. The van der Waals surface area contributed by atoms with Gasteiger partial charge in [0.2, 0.25) is 23.6 Å². The smallest absolute Gasteiger partial charge is 0.326 e. The van der Waals surface area contributed by atoms with Crippen LogP contribution in [0.3, 0.4) is 0 Å². The normalized spacial score (nSPS) is 14.2. The summed E-state index contributed by atoms with van der Waals surface area (Å²) in [5.74, 6) is -4.90. The van der Waals surface area contributed by atoms with Gasteiger partial charge in [0.15, 0.2) is 0 Å². The number of aliphatic carboxylic acids is 2. The Morgan fingerprint density at radius 3 is 1.76 bits per heavy atom. The molecule has 0 aliphatic carbocycles. The van der Waals surface area contributed by atoms with Crippen molar-refractivity contribution in [3.05, 3.63) is 0 Å². The number of thioether (sulfide) groups is 2. The van der Waals surface area contributed by atoms with Crippen molar-refractivity contribution in [1.82, 2.24) is 16.0 Å². The molecule has 0 bridgehead atoms. The highest BCUT2D eigenvalue weighted by Gasteiger charge is 2.31. The third kappa shape index (κ3) is 13.3. The number of carboxylic acid groups (broad SMARTS) is 2. The molecule has 0 saturated carbocycles. The van der Waals surface area contributed by atoms with E-state index in [4.69, 9.17) is 16.6 Å². The molecule has 0 spiro atoms. The molecule has 0 aliphatic rings. The van der Waals surface area contributed by atoms with E-state index in [9.17, 15) is 33.9 Å². The summed E-state index contributed by atoms with van der Waals surface area (Å²) in [6.45, 7) is 0. The fourth-order valence-electron chi connectivity index (χ4n) is 2.64. The lowest BCUT2D eigenvalue weighted by Crippen LogP contribution is -2.57. The zero-order chi connectivity index (χ0) is 26.3.